The molecular formula is C16H21BrClN3. The van der Waals surface area contributed by atoms with Gasteiger partial charge in [0.25, 0.3) is 0 Å². The summed E-state index contributed by atoms with van der Waals surface area (Å²) in [6, 6.07) is 6.20. The van der Waals surface area contributed by atoms with Gasteiger partial charge < -0.3 is 5.32 Å². The van der Waals surface area contributed by atoms with Gasteiger partial charge in [-0.1, -0.05) is 43.6 Å². The standard InChI is InChI=1S/C16H21BrClN3/c1-4-9-21-16(13(17)10-20-21)15(19-5-2)12-8-6-7-11(3)14(12)18/h6-8,10,15,19H,4-5,9H2,1-3H3. The lowest BCUT2D eigenvalue weighted by atomic mass is 10.0. The summed E-state index contributed by atoms with van der Waals surface area (Å²) in [6.07, 6.45) is 2.90. The van der Waals surface area contributed by atoms with E-state index in [0.29, 0.717) is 0 Å². The Morgan fingerprint density at radius 3 is 2.81 bits per heavy atom. The third-order valence-corrected chi connectivity index (χ3v) is 4.61. The largest absolute Gasteiger partial charge is 0.305 e. The average Bonchev–Trinajstić information content (AvgIpc) is 2.81. The molecule has 114 valence electrons. The smallest absolute Gasteiger partial charge is 0.0774 e. The van der Waals surface area contributed by atoms with Gasteiger partial charge in [-0.25, -0.2) is 0 Å². The molecule has 3 nitrogen and oxygen atoms in total. The molecule has 0 saturated carbocycles. The van der Waals surface area contributed by atoms with E-state index in [4.69, 9.17) is 11.6 Å². The number of aryl methyl sites for hydroxylation is 2. The molecule has 0 aliphatic carbocycles. The second-order valence-electron chi connectivity index (χ2n) is 5.07. The predicted octanol–water partition coefficient (Wildman–Crippen LogP) is 4.72. The Kier molecular flexibility index (Phi) is 5.85. The van der Waals surface area contributed by atoms with Crippen LogP contribution in [0.3, 0.4) is 0 Å². The molecular weight excluding hydrogens is 350 g/mol. The molecule has 1 aromatic carbocycles. The maximum absolute atomic E-state index is 6.54. The van der Waals surface area contributed by atoms with Crippen molar-refractivity contribution in [1.82, 2.24) is 15.1 Å². The maximum Gasteiger partial charge on any atom is 0.0774 e. The minimum Gasteiger partial charge on any atom is -0.305 e. The van der Waals surface area contributed by atoms with Gasteiger partial charge in [-0.05, 0) is 46.9 Å². The summed E-state index contributed by atoms with van der Waals surface area (Å²) in [5.41, 5.74) is 3.32. The Bertz CT molecular complexity index is 610. The molecule has 1 aromatic heterocycles. The van der Waals surface area contributed by atoms with E-state index in [1.165, 1.54) is 0 Å². The van der Waals surface area contributed by atoms with Gasteiger partial charge in [0.1, 0.15) is 0 Å². The third-order valence-electron chi connectivity index (χ3n) is 3.48. The van der Waals surface area contributed by atoms with Crippen molar-refractivity contribution in [1.29, 1.82) is 0 Å². The monoisotopic (exact) mass is 369 g/mol. The molecule has 2 aromatic rings. The fraction of sp³-hybridized carbons (Fsp3) is 0.438. The first kappa shape index (κ1) is 16.5. The lowest BCUT2D eigenvalue weighted by Crippen LogP contribution is -2.25. The number of benzene rings is 1. The van der Waals surface area contributed by atoms with Crippen LogP contribution in [0, 0.1) is 6.92 Å². The SMILES string of the molecule is CCCn1ncc(Br)c1C(NCC)c1cccc(C)c1Cl. The summed E-state index contributed by atoms with van der Waals surface area (Å²) >= 11 is 10.2. The van der Waals surface area contributed by atoms with Crippen molar-refractivity contribution in [3.63, 3.8) is 0 Å². The van der Waals surface area contributed by atoms with Crippen molar-refractivity contribution < 1.29 is 0 Å². The molecule has 0 fully saturated rings. The third kappa shape index (κ3) is 3.50. The molecule has 1 unspecified atom stereocenters. The van der Waals surface area contributed by atoms with Crippen LogP contribution in [0.2, 0.25) is 5.02 Å². The van der Waals surface area contributed by atoms with Crippen LogP contribution < -0.4 is 5.32 Å². The van der Waals surface area contributed by atoms with E-state index in [9.17, 15) is 0 Å². The van der Waals surface area contributed by atoms with Gasteiger partial charge >= 0.3 is 0 Å². The number of nitrogens with zero attached hydrogens (tertiary/aromatic N) is 2. The van der Waals surface area contributed by atoms with Crippen LogP contribution in [0.1, 0.15) is 43.1 Å². The van der Waals surface area contributed by atoms with E-state index in [1.807, 2.05) is 19.2 Å². The minimum atomic E-state index is 0.0332. The van der Waals surface area contributed by atoms with Gasteiger partial charge in [-0.15, -0.1) is 0 Å². The maximum atomic E-state index is 6.54. The van der Waals surface area contributed by atoms with Crippen LogP contribution in [-0.2, 0) is 6.54 Å². The highest BCUT2D eigenvalue weighted by atomic mass is 79.9. The molecule has 1 atom stereocenters. The summed E-state index contributed by atoms with van der Waals surface area (Å²) < 4.78 is 3.07. The van der Waals surface area contributed by atoms with Crippen LogP contribution in [0.5, 0.6) is 0 Å². The predicted molar refractivity (Wildman–Crippen MR) is 91.9 cm³/mol. The highest BCUT2D eigenvalue weighted by Crippen LogP contribution is 2.34. The first-order chi connectivity index (χ1) is 10.1. The minimum absolute atomic E-state index is 0.0332. The van der Waals surface area contributed by atoms with Gasteiger partial charge in [-0.2, -0.15) is 5.10 Å². The van der Waals surface area contributed by atoms with E-state index in [2.05, 4.69) is 57.0 Å². The van der Waals surface area contributed by atoms with Crippen molar-refractivity contribution in [2.75, 3.05) is 6.54 Å². The summed E-state index contributed by atoms with van der Waals surface area (Å²) in [6.45, 7) is 8.05. The molecule has 0 bridgehead atoms. The fourth-order valence-corrected chi connectivity index (χ4v) is 3.26. The highest BCUT2D eigenvalue weighted by Gasteiger charge is 2.23. The second kappa shape index (κ2) is 7.43. The second-order valence-corrected chi connectivity index (χ2v) is 6.30. The number of aromatic nitrogens is 2. The van der Waals surface area contributed by atoms with E-state index in [0.717, 1.165) is 45.8 Å². The lowest BCUT2D eigenvalue weighted by molar-refractivity contribution is 0.519. The van der Waals surface area contributed by atoms with Crippen molar-refractivity contribution in [3.05, 3.63) is 50.7 Å². The zero-order chi connectivity index (χ0) is 15.4. The van der Waals surface area contributed by atoms with Crippen molar-refractivity contribution >= 4 is 27.5 Å². The number of rotatable bonds is 6. The van der Waals surface area contributed by atoms with Crippen LogP contribution in [-0.4, -0.2) is 16.3 Å². The zero-order valence-electron chi connectivity index (χ0n) is 12.7. The quantitative estimate of drug-likeness (QED) is 0.797. The molecule has 2 rings (SSSR count). The number of halogens is 2. The van der Waals surface area contributed by atoms with Crippen LogP contribution in [0.25, 0.3) is 0 Å². The van der Waals surface area contributed by atoms with E-state index in [-0.39, 0.29) is 6.04 Å². The van der Waals surface area contributed by atoms with Gasteiger partial charge in [0.2, 0.25) is 0 Å². The molecule has 0 amide bonds. The summed E-state index contributed by atoms with van der Waals surface area (Å²) in [5.74, 6) is 0. The van der Waals surface area contributed by atoms with Gasteiger partial charge in [0.15, 0.2) is 0 Å². The van der Waals surface area contributed by atoms with Crippen molar-refractivity contribution in [2.45, 2.75) is 39.8 Å². The van der Waals surface area contributed by atoms with Gasteiger partial charge in [0, 0.05) is 11.6 Å². The topological polar surface area (TPSA) is 29.9 Å². The normalized spacial score (nSPS) is 12.6. The van der Waals surface area contributed by atoms with Crippen LogP contribution >= 0.6 is 27.5 Å². The van der Waals surface area contributed by atoms with E-state index >= 15 is 0 Å². The van der Waals surface area contributed by atoms with Crippen molar-refractivity contribution in [2.24, 2.45) is 0 Å². The first-order valence-corrected chi connectivity index (χ1v) is 8.46. The molecule has 0 saturated heterocycles. The number of hydrogen-bond acceptors (Lipinski definition) is 2. The molecule has 0 radical (unpaired) electrons. The molecule has 21 heavy (non-hydrogen) atoms. The molecule has 1 N–H and O–H groups in total. The number of nitrogens with one attached hydrogen (secondary N) is 1. The molecule has 5 heteroatoms. The molecule has 1 heterocycles. The van der Waals surface area contributed by atoms with E-state index < -0.39 is 0 Å². The lowest BCUT2D eigenvalue weighted by Gasteiger charge is -2.22. The Hall–Kier alpha value is -0.840. The molecule has 0 spiro atoms. The Labute approximate surface area is 139 Å². The number of hydrogen-bond donors (Lipinski definition) is 1. The summed E-state index contributed by atoms with van der Waals surface area (Å²) in [7, 11) is 0. The van der Waals surface area contributed by atoms with Gasteiger partial charge in [-0.3, -0.25) is 4.68 Å². The molecule has 0 aliphatic rings. The first-order valence-electron chi connectivity index (χ1n) is 7.29. The van der Waals surface area contributed by atoms with Gasteiger partial charge in [0.05, 0.1) is 22.4 Å². The van der Waals surface area contributed by atoms with Crippen LogP contribution in [0.15, 0.2) is 28.9 Å². The van der Waals surface area contributed by atoms with E-state index in [1.54, 1.807) is 0 Å². The Balaban J connectivity index is 2.53. The summed E-state index contributed by atoms with van der Waals surface area (Å²) in [4.78, 5) is 0. The Morgan fingerprint density at radius 2 is 2.14 bits per heavy atom. The van der Waals surface area contributed by atoms with Crippen molar-refractivity contribution in [3.8, 4) is 0 Å². The highest BCUT2D eigenvalue weighted by molar-refractivity contribution is 9.10. The molecule has 0 aliphatic heterocycles. The zero-order valence-corrected chi connectivity index (χ0v) is 15.0. The summed E-state index contributed by atoms with van der Waals surface area (Å²) in [5, 5.41) is 8.83. The van der Waals surface area contributed by atoms with Crippen LogP contribution in [0.4, 0.5) is 0 Å². The fourth-order valence-electron chi connectivity index (χ4n) is 2.50. The Morgan fingerprint density at radius 1 is 1.38 bits per heavy atom. The average molecular weight is 371 g/mol.